The third-order valence-electron chi connectivity index (χ3n) is 2.66. The molecule has 0 aliphatic rings. The van der Waals surface area contributed by atoms with Crippen molar-refractivity contribution in [3.05, 3.63) is 48.3 Å². The van der Waals surface area contributed by atoms with E-state index in [1.165, 1.54) is 18.2 Å². The minimum absolute atomic E-state index is 0.0282. The number of anilines is 1. The van der Waals surface area contributed by atoms with Gasteiger partial charge in [-0.25, -0.2) is 13.6 Å². The summed E-state index contributed by atoms with van der Waals surface area (Å²) >= 11 is 0. The Morgan fingerprint density at radius 3 is 2.65 bits per heavy atom. The zero-order chi connectivity index (χ0) is 14.6. The van der Waals surface area contributed by atoms with E-state index in [0.29, 0.717) is 24.5 Å². The molecule has 0 saturated heterocycles. The van der Waals surface area contributed by atoms with E-state index in [1.54, 1.807) is 6.20 Å². The van der Waals surface area contributed by atoms with Crippen LogP contribution in [0.2, 0.25) is 0 Å². The SMILES string of the molecule is Nc1ccc(S(N)(=O)=O)cc1OCCc1ccccn1. The Bertz CT molecular complexity index is 687. The summed E-state index contributed by atoms with van der Waals surface area (Å²) < 4.78 is 28.0. The molecule has 0 spiro atoms. The van der Waals surface area contributed by atoms with E-state index in [1.807, 2.05) is 18.2 Å². The highest BCUT2D eigenvalue weighted by Gasteiger charge is 2.11. The maximum absolute atomic E-state index is 11.3. The molecule has 20 heavy (non-hydrogen) atoms. The average Bonchev–Trinajstić information content (AvgIpc) is 2.41. The monoisotopic (exact) mass is 293 g/mol. The van der Waals surface area contributed by atoms with Crippen LogP contribution in [0.1, 0.15) is 5.69 Å². The van der Waals surface area contributed by atoms with Gasteiger partial charge in [0.2, 0.25) is 10.0 Å². The Morgan fingerprint density at radius 2 is 2.00 bits per heavy atom. The normalized spacial score (nSPS) is 11.2. The van der Waals surface area contributed by atoms with Crippen molar-refractivity contribution in [2.75, 3.05) is 12.3 Å². The van der Waals surface area contributed by atoms with Crippen LogP contribution in [0.5, 0.6) is 5.75 Å². The number of hydrogen-bond acceptors (Lipinski definition) is 5. The van der Waals surface area contributed by atoms with E-state index in [4.69, 9.17) is 15.6 Å². The highest BCUT2D eigenvalue weighted by atomic mass is 32.2. The van der Waals surface area contributed by atoms with Crippen molar-refractivity contribution < 1.29 is 13.2 Å². The van der Waals surface area contributed by atoms with E-state index in [0.717, 1.165) is 5.69 Å². The zero-order valence-electron chi connectivity index (χ0n) is 10.7. The summed E-state index contributed by atoms with van der Waals surface area (Å²) in [4.78, 5) is 4.13. The van der Waals surface area contributed by atoms with E-state index in [9.17, 15) is 8.42 Å². The molecule has 1 aromatic carbocycles. The van der Waals surface area contributed by atoms with E-state index < -0.39 is 10.0 Å². The number of rotatable bonds is 5. The topological polar surface area (TPSA) is 108 Å². The van der Waals surface area contributed by atoms with Crippen molar-refractivity contribution in [2.24, 2.45) is 5.14 Å². The summed E-state index contributed by atoms with van der Waals surface area (Å²) in [6, 6.07) is 9.72. The van der Waals surface area contributed by atoms with Crippen molar-refractivity contribution in [3.63, 3.8) is 0 Å². The molecule has 106 valence electrons. The molecule has 0 amide bonds. The number of benzene rings is 1. The van der Waals surface area contributed by atoms with Gasteiger partial charge in [-0.05, 0) is 24.3 Å². The quantitative estimate of drug-likeness (QED) is 0.797. The number of hydrogen-bond donors (Lipinski definition) is 2. The van der Waals surface area contributed by atoms with Crippen molar-refractivity contribution in [3.8, 4) is 5.75 Å². The molecule has 0 radical (unpaired) electrons. The van der Waals surface area contributed by atoms with E-state index in [2.05, 4.69) is 4.98 Å². The Labute approximate surface area is 117 Å². The minimum atomic E-state index is -3.77. The fourth-order valence-electron chi connectivity index (χ4n) is 1.63. The van der Waals surface area contributed by atoms with Gasteiger partial charge in [-0.2, -0.15) is 0 Å². The number of nitrogen functional groups attached to an aromatic ring is 1. The van der Waals surface area contributed by atoms with E-state index in [-0.39, 0.29) is 4.90 Å². The Morgan fingerprint density at radius 1 is 1.20 bits per heavy atom. The molecule has 0 saturated carbocycles. The highest BCUT2D eigenvalue weighted by Crippen LogP contribution is 2.24. The van der Waals surface area contributed by atoms with Crippen molar-refractivity contribution in [1.29, 1.82) is 0 Å². The van der Waals surface area contributed by atoms with Crippen LogP contribution in [0.3, 0.4) is 0 Å². The molecule has 0 aliphatic heterocycles. The largest absolute Gasteiger partial charge is 0.491 e. The lowest BCUT2D eigenvalue weighted by Gasteiger charge is -2.10. The molecule has 0 aliphatic carbocycles. The minimum Gasteiger partial charge on any atom is -0.491 e. The Hall–Kier alpha value is -2.12. The lowest BCUT2D eigenvalue weighted by molar-refractivity contribution is 0.321. The summed E-state index contributed by atoms with van der Waals surface area (Å²) in [6.45, 7) is 0.343. The number of ether oxygens (including phenoxy) is 1. The molecule has 4 N–H and O–H groups in total. The van der Waals surface area contributed by atoms with Gasteiger partial charge in [0.1, 0.15) is 5.75 Å². The smallest absolute Gasteiger partial charge is 0.238 e. The first-order valence-electron chi connectivity index (χ1n) is 5.92. The number of nitrogens with two attached hydrogens (primary N) is 2. The number of primary sulfonamides is 1. The second-order valence-corrected chi connectivity index (χ2v) is 5.73. The van der Waals surface area contributed by atoms with Gasteiger partial charge in [-0.3, -0.25) is 4.98 Å². The molecule has 0 atom stereocenters. The summed E-state index contributed by atoms with van der Waals surface area (Å²) in [5, 5.41) is 5.06. The van der Waals surface area contributed by atoms with Gasteiger partial charge in [0, 0.05) is 24.4 Å². The molecule has 2 aromatic rings. The standard InChI is InChI=1S/C13H15N3O3S/c14-12-5-4-11(20(15,17)18)9-13(12)19-8-6-10-3-1-2-7-16-10/h1-5,7,9H,6,8,14H2,(H2,15,17,18). The van der Waals surface area contributed by atoms with Crippen LogP contribution < -0.4 is 15.6 Å². The van der Waals surface area contributed by atoms with Gasteiger partial charge in [-0.15, -0.1) is 0 Å². The van der Waals surface area contributed by atoms with E-state index >= 15 is 0 Å². The van der Waals surface area contributed by atoms with Crippen LogP contribution >= 0.6 is 0 Å². The predicted octanol–water partition coefficient (Wildman–Crippen LogP) is 0.933. The summed E-state index contributed by atoms with van der Waals surface area (Å²) in [5.41, 5.74) is 6.98. The predicted molar refractivity (Wildman–Crippen MR) is 75.7 cm³/mol. The molecule has 0 unspecified atom stereocenters. The lowest BCUT2D eigenvalue weighted by atomic mass is 10.3. The molecule has 6 nitrogen and oxygen atoms in total. The third-order valence-corrected chi connectivity index (χ3v) is 3.57. The number of aromatic nitrogens is 1. The van der Waals surface area contributed by atoms with Crippen molar-refractivity contribution >= 4 is 15.7 Å². The van der Waals surface area contributed by atoms with Crippen molar-refractivity contribution in [2.45, 2.75) is 11.3 Å². The average molecular weight is 293 g/mol. The second-order valence-electron chi connectivity index (χ2n) is 4.16. The molecular weight excluding hydrogens is 278 g/mol. The Balaban J connectivity index is 2.06. The third kappa shape index (κ3) is 3.69. The summed E-state index contributed by atoms with van der Waals surface area (Å²) in [7, 11) is -3.77. The Kier molecular flexibility index (Phi) is 4.21. The summed E-state index contributed by atoms with van der Waals surface area (Å²) in [5.74, 6) is 0.299. The molecule has 0 bridgehead atoms. The molecule has 1 aromatic heterocycles. The van der Waals surface area contributed by atoms with Crippen molar-refractivity contribution in [1.82, 2.24) is 4.98 Å². The fourth-order valence-corrected chi connectivity index (χ4v) is 2.16. The van der Waals surface area contributed by atoms with Crippen LogP contribution in [-0.2, 0) is 16.4 Å². The first-order chi connectivity index (χ1) is 9.47. The first-order valence-corrected chi connectivity index (χ1v) is 7.46. The maximum Gasteiger partial charge on any atom is 0.238 e. The number of pyridine rings is 1. The molecule has 0 fully saturated rings. The first kappa shape index (κ1) is 14.3. The lowest BCUT2D eigenvalue weighted by Crippen LogP contribution is -2.13. The molecule has 1 heterocycles. The maximum atomic E-state index is 11.3. The fraction of sp³-hybridized carbons (Fsp3) is 0.154. The van der Waals surface area contributed by atoms with Gasteiger partial charge in [0.05, 0.1) is 17.2 Å². The molecule has 2 rings (SSSR count). The number of sulfonamides is 1. The van der Waals surface area contributed by atoms with Gasteiger partial charge >= 0.3 is 0 Å². The van der Waals surface area contributed by atoms with Gasteiger partial charge in [0.25, 0.3) is 0 Å². The van der Waals surface area contributed by atoms with Gasteiger partial charge in [-0.1, -0.05) is 6.07 Å². The summed E-state index contributed by atoms with van der Waals surface area (Å²) in [6.07, 6.45) is 2.30. The van der Waals surface area contributed by atoms with Crippen LogP contribution in [0.15, 0.2) is 47.5 Å². The van der Waals surface area contributed by atoms with Gasteiger partial charge in [0.15, 0.2) is 0 Å². The van der Waals surface area contributed by atoms with Crippen LogP contribution in [-0.4, -0.2) is 20.0 Å². The number of nitrogens with zero attached hydrogens (tertiary/aromatic N) is 1. The highest BCUT2D eigenvalue weighted by molar-refractivity contribution is 7.89. The van der Waals surface area contributed by atoms with Gasteiger partial charge < -0.3 is 10.5 Å². The molecule has 7 heteroatoms. The molecular formula is C13H15N3O3S. The van der Waals surface area contributed by atoms with Crippen LogP contribution in [0.25, 0.3) is 0 Å². The second kappa shape index (κ2) is 5.89. The van der Waals surface area contributed by atoms with Crippen LogP contribution in [0.4, 0.5) is 5.69 Å². The van der Waals surface area contributed by atoms with Crippen LogP contribution in [0, 0.1) is 0 Å². The zero-order valence-corrected chi connectivity index (χ0v) is 11.5.